The van der Waals surface area contributed by atoms with Gasteiger partial charge in [-0.25, -0.2) is 13.6 Å². The van der Waals surface area contributed by atoms with E-state index >= 15 is 0 Å². The fraction of sp³-hybridized carbons (Fsp3) is 0.250. The van der Waals surface area contributed by atoms with Gasteiger partial charge < -0.3 is 5.11 Å². The Morgan fingerprint density at radius 2 is 2.23 bits per heavy atom. The molecule has 0 saturated carbocycles. The van der Waals surface area contributed by atoms with Crippen molar-refractivity contribution >= 4 is 5.97 Å². The summed E-state index contributed by atoms with van der Waals surface area (Å²) in [5.41, 5.74) is -0.981. The van der Waals surface area contributed by atoms with E-state index < -0.39 is 23.0 Å². The van der Waals surface area contributed by atoms with Crippen molar-refractivity contribution in [2.24, 2.45) is 0 Å². The number of halogens is 2. The summed E-state index contributed by atoms with van der Waals surface area (Å²) >= 11 is 0. The van der Waals surface area contributed by atoms with Crippen LogP contribution in [-0.2, 0) is 5.92 Å². The zero-order chi connectivity index (χ0) is 10.1. The number of carboxylic acid groups (broad SMARTS) is 1. The van der Waals surface area contributed by atoms with E-state index in [9.17, 15) is 13.6 Å². The highest BCUT2D eigenvalue weighted by atomic mass is 19.3. The first-order chi connectivity index (χ1) is 5.93. The smallest absolute Gasteiger partial charge is 0.336 e. The molecule has 0 bridgehead atoms. The van der Waals surface area contributed by atoms with Crippen LogP contribution in [0.3, 0.4) is 0 Å². The number of nitrogens with zero attached hydrogens (tertiary/aromatic N) is 1. The van der Waals surface area contributed by atoms with Crippen molar-refractivity contribution < 1.29 is 18.7 Å². The molecule has 0 unspecified atom stereocenters. The lowest BCUT2D eigenvalue weighted by Crippen LogP contribution is -2.14. The normalized spacial score (nSPS) is 11.3. The molecule has 0 aliphatic heterocycles. The number of pyridine rings is 1. The third-order valence-corrected chi connectivity index (χ3v) is 1.52. The standard InChI is InChI=1S/C8H7F2NO2/c1-8(9,10)6-4-11-3-2-5(6)7(12)13/h2-4H,1H3,(H,12,13). The van der Waals surface area contributed by atoms with Gasteiger partial charge in [0, 0.05) is 19.3 Å². The van der Waals surface area contributed by atoms with Crippen molar-refractivity contribution in [1.29, 1.82) is 0 Å². The van der Waals surface area contributed by atoms with Crippen LogP contribution >= 0.6 is 0 Å². The molecule has 1 N–H and O–H groups in total. The van der Waals surface area contributed by atoms with Crippen LogP contribution in [0.15, 0.2) is 18.5 Å². The average molecular weight is 187 g/mol. The molecule has 0 aliphatic carbocycles. The van der Waals surface area contributed by atoms with Gasteiger partial charge in [0.05, 0.1) is 11.1 Å². The second-order valence-corrected chi connectivity index (χ2v) is 2.61. The molecule has 70 valence electrons. The largest absolute Gasteiger partial charge is 0.478 e. The lowest BCUT2D eigenvalue weighted by atomic mass is 10.1. The van der Waals surface area contributed by atoms with Crippen molar-refractivity contribution in [3.63, 3.8) is 0 Å². The summed E-state index contributed by atoms with van der Waals surface area (Å²) < 4.78 is 25.5. The summed E-state index contributed by atoms with van der Waals surface area (Å²) in [6.07, 6.45) is 2.03. The molecule has 1 heterocycles. The number of hydrogen-bond donors (Lipinski definition) is 1. The predicted molar refractivity (Wildman–Crippen MR) is 40.8 cm³/mol. The van der Waals surface area contributed by atoms with Gasteiger partial charge >= 0.3 is 5.97 Å². The molecule has 0 saturated heterocycles. The molecule has 0 aromatic carbocycles. The highest BCUT2D eigenvalue weighted by molar-refractivity contribution is 5.89. The Morgan fingerprint density at radius 1 is 1.62 bits per heavy atom. The molecule has 0 radical (unpaired) electrons. The van der Waals surface area contributed by atoms with Crippen LogP contribution in [0.5, 0.6) is 0 Å². The summed E-state index contributed by atoms with van der Waals surface area (Å²) in [4.78, 5) is 14.0. The van der Waals surface area contributed by atoms with Crippen molar-refractivity contribution in [3.05, 3.63) is 29.6 Å². The minimum absolute atomic E-state index is 0.414. The number of carboxylic acids is 1. The van der Waals surface area contributed by atoms with Crippen LogP contribution in [0.2, 0.25) is 0 Å². The van der Waals surface area contributed by atoms with Crippen molar-refractivity contribution in [2.75, 3.05) is 0 Å². The predicted octanol–water partition coefficient (Wildman–Crippen LogP) is 1.89. The fourth-order valence-corrected chi connectivity index (χ4v) is 0.931. The highest BCUT2D eigenvalue weighted by Crippen LogP contribution is 2.28. The van der Waals surface area contributed by atoms with Crippen LogP contribution in [0, 0.1) is 0 Å². The third kappa shape index (κ3) is 1.99. The zero-order valence-corrected chi connectivity index (χ0v) is 6.79. The molecule has 0 spiro atoms. The van der Waals surface area contributed by atoms with Crippen molar-refractivity contribution in [1.82, 2.24) is 4.98 Å². The molecular formula is C8H7F2NO2. The maximum absolute atomic E-state index is 12.8. The molecule has 0 amide bonds. The molecule has 0 atom stereocenters. The number of carbonyl (C=O) groups is 1. The molecule has 5 heteroatoms. The van der Waals surface area contributed by atoms with Gasteiger partial charge in [-0.15, -0.1) is 0 Å². The molecule has 1 rings (SSSR count). The molecule has 3 nitrogen and oxygen atoms in total. The molecule has 0 fully saturated rings. The van der Waals surface area contributed by atoms with Crippen LogP contribution in [-0.4, -0.2) is 16.1 Å². The van der Waals surface area contributed by atoms with Crippen molar-refractivity contribution in [2.45, 2.75) is 12.8 Å². The maximum atomic E-state index is 12.8. The third-order valence-electron chi connectivity index (χ3n) is 1.52. The number of rotatable bonds is 2. The van der Waals surface area contributed by atoms with Gasteiger partial charge in [-0.2, -0.15) is 0 Å². The quantitative estimate of drug-likeness (QED) is 0.769. The van der Waals surface area contributed by atoms with E-state index in [0.29, 0.717) is 6.92 Å². The van der Waals surface area contributed by atoms with E-state index in [1.807, 2.05) is 0 Å². The van der Waals surface area contributed by atoms with Crippen LogP contribution < -0.4 is 0 Å². The number of hydrogen-bond acceptors (Lipinski definition) is 2. The Balaban J connectivity index is 3.28. The monoisotopic (exact) mass is 187 g/mol. The maximum Gasteiger partial charge on any atom is 0.336 e. The lowest BCUT2D eigenvalue weighted by molar-refractivity contribution is 0.0150. The summed E-state index contributed by atoms with van der Waals surface area (Å²) in [5, 5.41) is 8.57. The summed E-state index contributed by atoms with van der Waals surface area (Å²) in [6.45, 7) is 0.635. The second kappa shape index (κ2) is 3.08. The first-order valence-corrected chi connectivity index (χ1v) is 3.48. The highest BCUT2D eigenvalue weighted by Gasteiger charge is 2.29. The van der Waals surface area contributed by atoms with Crippen LogP contribution in [0.25, 0.3) is 0 Å². The summed E-state index contributed by atoms with van der Waals surface area (Å²) in [6, 6.07) is 1.05. The minimum atomic E-state index is -3.18. The SMILES string of the molecule is CC(F)(F)c1cnccc1C(=O)O. The Labute approximate surface area is 73.0 Å². The molecule has 1 aromatic heterocycles. The average Bonchev–Trinajstić information content (AvgIpc) is 2.03. The summed E-state index contributed by atoms with van der Waals surface area (Å²) in [5.74, 6) is -4.55. The molecular weight excluding hydrogens is 180 g/mol. The van der Waals surface area contributed by atoms with Gasteiger partial charge in [0.15, 0.2) is 0 Å². The molecule has 13 heavy (non-hydrogen) atoms. The lowest BCUT2D eigenvalue weighted by Gasteiger charge is -2.11. The van der Waals surface area contributed by atoms with Gasteiger partial charge in [0.2, 0.25) is 0 Å². The van der Waals surface area contributed by atoms with E-state index in [0.717, 1.165) is 12.3 Å². The first kappa shape index (κ1) is 9.57. The van der Waals surface area contributed by atoms with Gasteiger partial charge in [-0.05, 0) is 6.07 Å². The first-order valence-electron chi connectivity index (χ1n) is 3.48. The number of aromatic carboxylic acids is 1. The zero-order valence-electron chi connectivity index (χ0n) is 6.79. The van der Waals surface area contributed by atoms with Crippen LogP contribution in [0.4, 0.5) is 8.78 Å². The molecule has 0 aliphatic rings. The Bertz CT molecular complexity index is 333. The fourth-order valence-electron chi connectivity index (χ4n) is 0.931. The van der Waals surface area contributed by atoms with Gasteiger partial charge in [0.25, 0.3) is 5.92 Å². The van der Waals surface area contributed by atoms with E-state index in [1.165, 1.54) is 6.20 Å². The van der Waals surface area contributed by atoms with E-state index in [4.69, 9.17) is 5.11 Å². The van der Waals surface area contributed by atoms with E-state index in [2.05, 4.69) is 4.98 Å². The topological polar surface area (TPSA) is 50.2 Å². The second-order valence-electron chi connectivity index (χ2n) is 2.61. The minimum Gasteiger partial charge on any atom is -0.478 e. The van der Waals surface area contributed by atoms with Gasteiger partial charge in [0.1, 0.15) is 0 Å². The number of aromatic nitrogens is 1. The summed E-state index contributed by atoms with van der Waals surface area (Å²) in [7, 11) is 0. The number of alkyl halides is 2. The van der Waals surface area contributed by atoms with E-state index in [-0.39, 0.29) is 0 Å². The Hall–Kier alpha value is -1.52. The molecule has 1 aromatic rings. The van der Waals surface area contributed by atoms with Gasteiger partial charge in [-0.1, -0.05) is 0 Å². The van der Waals surface area contributed by atoms with Crippen LogP contribution in [0.1, 0.15) is 22.8 Å². The Kier molecular flexibility index (Phi) is 2.27. The van der Waals surface area contributed by atoms with E-state index in [1.54, 1.807) is 0 Å². The van der Waals surface area contributed by atoms with Crippen molar-refractivity contribution in [3.8, 4) is 0 Å². The Morgan fingerprint density at radius 3 is 2.62 bits per heavy atom. The van der Waals surface area contributed by atoms with Gasteiger partial charge in [-0.3, -0.25) is 4.98 Å².